The van der Waals surface area contributed by atoms with Crippen LogP contribution in [0.2, 0.25) is 0 Å². The fraction of sp³-hybridized carbons (Fsp3) is 0.583. The summed E-state index contributed by atoms with van der Waals surface area (Å²) in [5.74, 6) is 0.00989. The van der Waals surface area contributed by atoms with Crippen molar-refractivity contribution in [3.05, 3.63) is 16.7 Å². The van der Waals surface area contributed by atoms with Crippen molar-refractivity contribution in [3.8, 4) is 0 Å². The number of hydrogen-bond acceptors (Lipinski definition) is 6. The van der Waals surface area contributed by atoms with Gasteiger partial charge in [0.15, 0.2) is 17.4 Å². The standard InChI is InChI=1S/C12H17N5O3.H2/c1-3-6-4-7(19-2)11(20-6)17-5-14-8-9(17)15-12(13)16-10(8)18;/h5-7,11H,3-4H2,1-2H3,(H3,13,15,16,18);1H/t6-,7?,11-;/m1./s1/i4T;1+2T/t4-,6-,7?,11-;. The lowest BCUT2D eigenvalue weighted by Crippen LogP contribution is -2.22. The van der Waals surface area contributed by atoms with E-state index in [4.69, 9.17) is 19.5 Å². The van der Waals surface area contributed by atoms with Crippen LogP contribution in [0, 0.1) is 0 Å². The highest BCUT2D eigenvalue weighted by atomic mass is 16.6. The van der Waals surface area contributed by atoms with Crippen molar-refractivity contribution in [1.82, 2.24) is 19.5 Å². The Hall–Kier alpha value is -1.93. The minimum Gasteiger partial charge on any atom is -0.377 e. The van der Waals surface area contributed by atoms with E-state index in [1.165, 1.54) is 13.4 Å². The lowest BCUT2D eigenvalue weighted by atomic mass is 10.1. The molecule has 3 heterocycles. The number of fused-ring (bicyclic) bond motifs is 1. The monoisotopic (exact) mass is 287 g/mol. The number of ether oxygens (including phenoxy) is 2. The highest BCUT2D eigenvalue weighted by molar-refractivity contribution is 5.70. The number of aromatic nitrogens is 4. The second-order valence-electron chi connectivity index (χ2n) is 4.64. The van der Waals surface area contributed by atoms with Gasteiger partial charge < -0.3 is 15.2 Å². The molecule has 1 aliphatic rings. The van der Waals surface area contributed by atoms with E-state index >= 15 is 0 Å². The first-order chi connectivity index (χ1) is 11.1. The predicted octanol–water partition coefficient (Wildman–Crippen LogP) is 0.660. The molecule has 0 bridgehead atoms. The zero-order valence-corrected chi connectivity index (χ0v) is 11.2. The van der Waals surface area contributed by atoms with Crippen LogP contribution >= 0.6 is 0 Å². The van der Waals surface area contributed by atoms with Gasteiger partial charge in [-0.2, -0.15) is 4.98 Å². The first-order valence-corrected chi connectivity index (χ1v) is 6.39. The molecule has 8 heteroatoms. The van der Waals surface area contributed by atoms with E-state index in [2.05, 4.69) is 15.0 Å². The van der Waals surface area contributed by atoms with Crippen LogP contribution in [0.15, 0.2) is 11.1 Å². The molecule has 1 aliphatic heterocycles. The van der Waals surface area contributed by atoms with Crippen molar-refractivity contribution in [2.45, 2.75) is 38.2 Å². The molecule has 2 aromatic rings. The number of nitrogens with zero attached hydrogens (tertiary/aromatic N) is 3. The van der Waals surface area contributed by atoms with Crippen molar-refractivity contribution in [1.29, 1.82) is 0 Å². The summed E-state index contributed by atoms with van der Waals surface area (Å²) in [4.78, 5) is 22.4. The maximum Gasteiger partial charge on any atom is 0.280 e. The minimum atomic E-state index is -0.554. The Morgan fingerprint density at radius 2 is 2.65 bits per heavy atom. The van der Waals surface area contributed by atoms with Crippen LogP contribution in [0.5, 0.6) is 0 Å². The summed E-state index contributed by atoms with van der Waals surface area (Å²) in [6, 6.07) is 0. The van der Waals surface area contributed by atoms with Gasteiger partial charge in [-0.05, 0) is 6.42 Å². The molecule has 110 valence electrons. The molecule has 20 heavy (non-hydrogen) atoms. The third-order valence-electron chi connectivity index (χ3n) is 3.40. The van der Waals surface area contributed by atoms with Gasteiger partial charge in [0.25, 0.3) is 5.56 Å². The van der Waals surface area contributed by atoms with E-state index in [9.17, 15) is 4.79 Å². The van der Waals surface area contributed by atoms with E-state index in [1.807, 2.05) is 6.92 Å². The summed E-state index contributed by atoms with van der Waals surface area (Å²) in [6.07, 6.45) is 0.399. The second kappa shape index (κ2) is 4.88. The molecule has 3 N–H and O–H groups in total. The van der Waals surface area contributed by atoms with Crippen LogP contribution in [0.1, 0.15) is 30.3 Å². The van der Waals surface area contributed by atoms with Crippen LogP contribution in [-0.4, -0.2) is 38.8 Å². The first-order valence-electron chi connectivity index (χ1n) is 7.97. The molecule has 0 spiro atoms. The van der Waals surface area contributed by atoms with Crippen LogP contribution in [0.4, 0.5) is 5.95 Å². The number of nitrogens with two attached hydrogens (primary N) is 1. The summed E-state index contributed by atoms with van der Waals surface area (Å²) in [7, 11) is 1.54. The third-order valence-corrected chi connectivity index (χ3v) is 3.40. The Kier molecular flexibility index (Phi) is 2.64. The second-order valence-corrected chi connectivity index (χ2v) is 4.64. The molecule has 1 fully saturated rings. The molecule has 0 radical (unpaired) electrons. The number of imidazole rings is 1. The fourth-order valence-corrected chi connectivity index (χ4v) is 2.39. The lowest BCUT2D eigenvalue weighted by Gasteiger charge is -2.18. The zero-order valence-electron chi connectivity index (χ0n) is 14.2. The van der Waals surface area contributed by atoms with Gasteiger partial charge in [0, 0.05) is 17.8 Å². The number of rotatable bonds is 3. The highest BCUT2D eigenvalue weighted by Crippen LogP contribution is 2.33. The number of nitrogens with one attached hydrogen (secondary N) is 1. The molecular weight excluding hydrogens is 262 g/mol. The lowest BCUT2D eigenvalue weighted by molar-refractivity contribution is -0.0480. The van der Waals surface area contributed by atoms with Crippen molar-refractivity contribution in [3.63, 3.8) is 0 Å². The highest BCUT2D eigenvalue weighted by Gasteiger charge is 2.36. The number of nitrogen functional groups attached to an aromatic ring is 1. The Morgan fingerprint density at radius 1 is 1.85 bits per heavy atom. The van der Waals surface area contributed by atoms with E-state index in [1.54, 1.807) is 4.57 Å². The Morgan fingerprint density at radius 3 is 3.35 bits per heavy atom. The first kappa shape index (κ1) is 10.8. The summed E-state index contributed by atoms with van der Waals surface area (Å²) in [6.45, 7) is 1.95. The van der Waals surface area contributed by atoms with E-state index in [0.29, 0.717) is 12.1 Å². The van der Waals surface area contributed by atoms with Crippen molar-refractivity contribution in [2.24, 2.45) is 0 Å². The maximum atomic E-state index is 11.8. The minimum absolute atomic E-state index is 0.00989. The van der Waals surface area contributed by atoms with Gasteiger partial charge in [0.2, 0.25) is 5.95 Å². The van der Waals surface area contributed by atoms with Gasteiger partial charge in [0.1, 0.15) is 6.10 Å². The molecule has 4 atom stereocenters. The van der Waals surface area contributed by atoms with Crippen LogP contribution in [0.25, 0.3) is 11.2 Å². The summed E-state index contributed by atoms with van der Waals surface area (Å²) >= 11 is 0. The normalized spacial score (nSPS) is 31.2. The molecular formula is C12H19N5O3. The van der Waals surface area contributed by atoms with Crippen LogP contribution in [-0.2, 0) is 9.47 Å². The number of H-pyrrole nitrogens is 1. The predicted molar refractivity (Wildman–Crippen MR) is 74.3 cm³/mol. The van der Waals surface area contributed by atoms with Crippen molar-refractivity contribution < 1.29 is 13.8 Å². The Labute approximate surface area is 119 Å². The summed E-state index contributed by atoms with van der Waals surface area (Å²) in [5.41, 5.74) is 5.69. The maximum absolute atomic E-state index is 11.8. The molecule has 2 aromatic heterocycles. The van der Waals surface area contributed by atoms with Crippen LogP contribution in [0.3, 0.4) is 0 Å². The van der Waals surface area contributed by atoms with Crippen molar-refractivity contribution in [2.75, 3.05) is 12.8 Å². The van der Waals surface area contributed by atoms with Gasteiger partial charge in [0.05, 0.1) is 12.4 Å². The molecule has 0 aliphatic carbocycles. The Balaban J connectivity index is 0.000000924. The third kappa shape index (κ3) is 1.97. The van der Waals surface area contributed by atoms with E-state index in [-0.39, 0.29) is 17.6 Å². The molecule has 3 rings (SSSR count). The van der Waals surface area contributed by atoms with Gasteiger partial charge in [-0.1, -0.05) is 6.92 Å². The molecule has 0 amide bonds. The number of anilines is 1. The summed E-state index contributed by atoms with van der Waals surface area (Å²) < 4.78 is 31.0. The molecule has 0 aromatic carbocycles. The average molecular weight is 287 g/mol. The van der Waals surface area contributed by atoms with E-state index < -0.39 is 24.3 Å². The SMILES string of the molecule is [3H][3H].[3H][C@H]1C(OC)[C@H](n2cnc3c(=O)[nH]c(N)nc32)O[C@@H]1CC. The zero-order chi connectivity index (χ0) is 17.1. The van der Waals surface area contributed by atoms with Crippen LogP contribution < -0.4 is 11.3 Å². The van der Waals surface area contributed by atoms with Gasteiger partial charge >= 0.3 is 0 Å². The smallest absolute Gasteiger partial charge is 0.280 e. The summed E-state index contributed by atoms with van der Waals surface area (Å²) in [5, 5.41) is 0. The largest absolute Gasteiger partial charge is 0.377 e. The fourth-order valence-electron chi connectivity index (χ4n) is 2.39. The number of methoxy groups -OCH3 is 1. The Bertz CT molecular complexity index is 722. The average Bonchev–Trinajstić information content (AvgIpc) is 3.09. The molecule has 1 saturated heterocycles. The van der Waals surface area contributed by atoms with Gasteiger partial charge in [-0.15, -0.1) is 0 Å². The number of hydrogen-bond donors (Lipinski definition) is 2. The molecule has 1 unspecified atom stereocenters. The number of aromatic amines is 1. The molecule has 8 nitrogen and oxygen atoms in total. The van der Waals surface area contributed by atoms with Crippen molar-refractivity contribution >= 4 is 17.1 Å². The topological polar surface area (TPSA) is 108 Å². The molecule has 0 saturated carbocycles. The van der Waals surface area contributed by atoms with Gasteiger partial charge in [-0.25, -0.2) is 4.98 Å². The van der Waals surface area contributed by atoms with E-state index in [0.717, 1.165) is 0 Å². The van der Waals surface area contributed by atoms with Gasteiger partial charge in [-0.3, -0.25) is 14.3 Å². The quantitative estimate of drug-likeness (QED) is 0.858.